The van der Waals surface area contributed by atoms with E-state index in [-0.39, 0.29) is 29.5 Å². The van der Waals surface area contributed by atoms with Crippen LogP contribution in [-0.2, 0) is 11.5 Å². The predicted molar refractivity (Wildman–Crippen MR) is 111 cm³/mol. The fraction of sp³-hybridized carbons (Fsp3) is 0.238. The zero-order valence-electron chi connectivity index (χ0n) is 17.1. The number of hydrogen-bond donors (Lipinski definition) is 1. The summed E-state index contributed by atoms with van der Waals surface area (Å²) in [6, 6.07) is 9.55. The summed E-state index contributed by atoms with van der Waals surface area (Å²) in [6.07, 6.45) is 1.60. The Kier molecular flexibility index (Phi) is 6.12. The molecular weight excluding hydrogens is 388 g/mol. The van der Waals surface area contributed by atoms with E-state index in [1.165, 1.54) is 36.1 Å². The van der Waals surface area contributed by atoms with Crippen molar-refractivity contribution in [3.8, 4) is 11.5 Å². The number of amides is 1. The highest BCUT2D eigenvalue weighted by Crippen LogP contribution is 2.33. The highest BCUT2D eigenvalue weighted by Gasteiger charge is 2.16. The number of benzene rings is 2. The molecule has 0 atom stereocenters. The molecule has 3 aromatic rings. The second-order valence-corrected chi connectivity index (χ2v) is 6.89. The molecule has 0 aliphatic heterocycles. The van der Waals surface area contributed by atoms with Crippen LogP contribution in [0.2, 0.25) is 0 Å². The molecule has 1 amide bonds. The summed E-state index contributed by atoms with van der Waals surface area (Å²) in [4.78, 5) is 23.3. The number of carbonyl (C=O) groups excluding carboxylic acids is 1. The second-order valence-electron chi connectivity index (χ2n) is 6.89. The van der Waals surface area contributed by atoms with Crippen LogP contribution < -0.4 is 10.1 Å². The molecule has 0 spiro atoms. The summed E-state index contributed by atoms with van der Waals surface area (Å²) in [5.41, 5.74) is 3.18. The van der Waals surface area contributed by atoms with E-state index in [0.29, 0.717) is 5.75 Å². The van der Waals surface area contributed by atoms with Crippen molar-refractivity contribution in [2.75, 3.05) is 12.4 Å². The van der Waals surface area contributed by atoms with Gasteiger partial charge in [0.15, 0.2) is 5.69 Å². The van der Waals surface area contributed by atoms with Crippen LogP contribution >= 0.6 is 0 Å². The summed E-state index contributed by atoms with van der Waals surface area (Å²) in [7, 11) is 1.52. The third-order valence-corrected chi connectivity index (χ3v) is 4.49. The first-order valence-corrected chi connectivity index (χ1v) is 9.15. The van der Waals surface area contributed by atoms with Gasteiger partial charge in [-0.1, -0.05) is 6.07 Å². The minimum Gasteiger partial charge on any atom is -0.457 e. The van der Waals surface area contributed by atoms with Crippen molar-refractivity contribution >= 4 is 17.3 Å². The molecule has 0 fully saturated rings. The smallest absolute Gasteiger partial charge is 0.276 e. The number of nitro groups is 1. The maximum Gasteiger partial charge on any atom is 0.276 e. The molecule has 0 aliphatic rings. The van der Waals surface area contributed by atoms with Crippen molar-refractivity contribution < 1.29 is 19.2 Å². The second kappa shape index (κ2) is 8.75. The minimum atomic E-state index is -0.538. The highest BCUT2D eigenvalue weighted by atomic mass is 16.6. The van der Waals surface area contributed by atoms with Crippen LogP contribution in [-0.4, -0.2) is 27.7 Å². The van der Waals surface area contributed by atoms with Crippen LogP contribution in [0.15, 0.2) is 42.6 Å². The van der Waals surface area contributed by atoms with Crippen LogP contribution in [0.3, 0.4) is 0 Å². The molecule has 1 N–H and O–H groups in total. The van der Waals surface area contributed by atoms with E-state index >= 15 is 0 Å². The maximum atomic E-state index is 12.5. The number of nitrogens with one attached hydrogen (secondary N) is 1. The number of rotatable bonds is 7. The molecule has 156 valence electrons. The van der Waals surface area contributed by atoms with E-state index in [4.69, 9.17) is 9.47 Å². The minimum absolute atomic E-state index is 0.158. The maximum absolute atomic E-state index is 12.5. The average molecular weight is 410 g/mol. The van der Waals surface area contributed by atoms with Gasteiger partial charge in [0.2, 0.25) is 0 Å². The van der Waals surface area contributed by atoms with Crippen molar-refractivity contribution in [2.45, 2.75) is 27.5 Å². The third-order valence-electron chi connectivity index (χ3n) is 4.49. The monoisotopic (exact) mass is 410 g/mol. The predicted octanol–water partition coefficient (Wildman–Crippen LogP) is 4.37. The number of non-ortho nitro benzene ring substituents is 1. The zero-order chi connectivity index (χ0) is 21.8. The van der Waals surface area contributed by atoms with Gasteiger partial charge in [0, 0.05) is 25.4 Å². The van der Waals surface area contributed by atoms with Crippen molar-refractivity contribution in [3.63, 3.8) is 0 Å². The quantitative estimate of drug-likeness (QED) is 0.458. The summed E-state index contributed by atoms with van der Waals surface area (Å²) >= 11 is 0. The van der Waals surface area contributed by atoms with Gasteiger partial charge in [-0.25, -0.2) is 4.68 Å². The molecule has 9 nitrogen and oxygen atoms in total. The Morgan fingerprint density at radius 3 is 2.67 bits per heavy atom. The fourth-order valence-corrected chi connectivity index (χ4v) is 2.94. The SMILES string of the molecule is COCn1ccc(C(=O)Nc2cc(Oc3cc(C)cc(C)c3C)cc([N+](=O)[O-])c2)n1. The summed E-state index contributed by atoms with van der Waals surface area (Å²) in [5.74, 6) is 0.347. The normalized spacial score (nSPS) is 10.7. The van der Waals surface area contributed by atoms with Gasteiger partial charge in [0.05, 0.1) is 16.7 Å². The Balaban J connectivity index is 1.89. The number of methoxy groups -OCH3 is 1. The number of nitro benzene ring substituents is 1. The first kappa shape index (κ1) is 21.0. The number of hydrogen-bond acceptors (Lipinski definition) is 6. The molecule has 2 aromatic carbocycles. The molecule has 30 heavy (non-hydrogen) atoms. The molecule has 1 aromatic heterocycles. The average Bonchev–Trinajstić information content (AvgIpc) is 3.14. The Labute approximate surface area is 173 Å². The Morgan fingerprint density at radius 2 is 1.97 bits per heavy atom. The summed E-state index contributed by atoms with van der Waals surface area (Å²) in [5, 5.41) is 18.1. The molecule has 0 unspecified atom stereocenters. The first-order chi connectivity index (χ1) is 14.3. The summed E-state index contributed by atoms with van der Waals surface area (Å²) in [6.45, 7) is 6.04. The highest BCUT2D eigenvalue weighted by molar-refractivity contribution is 6.03. The van der Waals surface area contributed by atoms with E-state index in [0.717, 1.165) is 16.7 Å². The molecule has 0 saturated carbocycles. The van der Waals surface area contributed by atoms with Crippen molar-refractivity contribution in [1.82, 2.24) is 9.78 Å². The number of aromatic nitrogens is 2. The van der Waals surface area contributed by atoms with Gasteiger partial charge in [-0.2, -0.15) is 5.10 Å². The van der Waals surface area contributed by atoms with Crippen LogP contribution in [0.4, 0.5) is 11.4 Å². The number of carbonyl (C=O) groups is 1. The largest absolute Gasteiger partial charge is 0.457 e. The van der Waals surface area contributed by atoms with Crippen LogP contribution in [0.5, 0.6) is 11.5 Å². The van der Waals surface area contributed by atoms with E-state index in [2.05, 4.69) is 10.4 Å². The molecule has 0 radical (unpaired) electrons. The van der Waals surface area contributed by atoms with Gasteiger partial charge in [0.25, 0.3) is 11.6 Å². The van der Waals surface area contributed by atoms with Crippen molar-refractivity contribution in [2.24, 2.45) is 0 Å². The summed E-state index contributed by atoms with van der Waals surface area (Å²) < 4.78 is 12.3. The lowest BCUT2D eigenvalue weighted by Crippen LogP contribution is -2.14. The van der Waals surface area contributed by atoms with Crippen molar-refractivity contribution in [1.29, 1.82) is 0 Å². The number of nitrogens with zero attached hydrogens (tertiary/aromatic N) is 3. The van der Waals surface area contributed by atoms with E-state index in [1.54, 1.807) is 6.20 Å². The lowest BCUT2D eigenvalue weighted by Gasteiger charge is -2.13. The molecule has 0 saturated heterocycles. The molecule has 3 rings (SSSR count). The number of anilines is 1. The Morgan fingerprint density at radius 1 is 1.20 bits per heavy atom. The molecule has 0 bridgehead atoms. The van der Waals surface area contributed by atoms with E-state index in [9.17, 15) is 14.9 Å². The van der Waals surface area contributed by atoms with Crippen LogP contribution in [0.1, 0.15) is 27.2 Å². The Bertz CT molecular complexity index is 1110. The fourth-order valence-electron chi connectivity index (χ4n) is 2.94. The Hall–Kier alpha value is -3.72. The molecular formula is C21H22N4O5. The van der Waals surface area contributed by atoms with Crippen molar-refractivity contribution in [3.05, 3.63) is 75.1 Å². The lowest BCUT2D eigenvalue weighted by atomic mass is 10.1. The number of aryl methyl sites for hydroxylation is 2. The van der Waals surface area contributed by atoms with Gasteiger partial charge in [-0.15, -0.1) is 0 Å². The van der Waals surface area contributed by atoms with Gasteiger partial charge in [0.1, 0.15) is 18.2 Å². The van der Waals surface area contributed by atoms with Crippen LogP contribution in [0.25, 0.3) is 0 Å². The zero-order valence-corrected chi connectivity index (χ0v) is 17.1. The van der Waals surface area contributed by atoms with Gasteiger partial charge < -0.3 is 14.8 Å². The first-order valence-electron chi connectivity index (χ1n) is 9.15. The molecule has 1 heterocycles. The molecule has 0 aliphatic carbocycles. The van der Waals surface area contributed by atoms with E-state index in [1.807, 2.05) is 32.9 Å². The lowest BCUT2D eigenvalue weighted by molar-refractivity contribution is -0.384. The van der Waals surface area contributed by atoms with Crippen LogP contribution in [0, 0.1) is 30.9 Å². The standard InChI is InChI=1S/C21H22N4O5/c1-13-7-14(2)15(3)20(8-13)30-18-10-16(9-17(11-18)25(27)28)22-21(26)19-5-6-24(23-19)12-29-4/h5-11H,12H2,1-4H3,(H,22,26). The van der Waals surface area contributed by atoms with Gasteiger partial charge >= 0.3 is 0 Å². The molecule has 9 heteroatoms. The van der Waals surface area contributed by atoms with Gasteiger partial charge in [-0.05, 0) is 49.6 Å². The number of ether oxygens (including phenoxy) is 2. The van der Waals surface area contributed by atoms with Gasteiger partial charge in [-0.3, -0.25) is 14.9 Å². The topological polar surface area (TPSA) is 109 Å². The third kappa shape index (κ3) is 4.81. The van der Waals surface area contributed by atoms with E-state index < -0.39 is 10.8 Å².